The first-order valence-electron chi connectivity index (χ1n) is 5.95. The minimum atomic E-state index is 0.874. The summed E-state index contributed by atoms with van der Waals surface area (Å²) in [6, 6.07) is 6.11. The van der Waals surface area contributed by atoms with Crippen LogP contribution in [0.4, 0.5) is 10.9 Å². The zero-order chi connectivity index (χ0) is 13.1. The molecule has 0 fully saturated rings. The largest absolute Gasteiger partial charge is 0.316 e. The van der Waals surface area contributed by atoms with Gasteiger partial charge < -0.3 is 5.32 Å². The fourth-order valence-corrected chi connectivity index (χ4v) is 3.14. The molecular weight excluding hydrogens is 274 g/mol. The molecule has 96 valence electrons. The van der Waals surface area contributed by atoms with Crippen molar-refractivity contribution >= 4 is 33.6 Å². The molecule has 1 N–H and O–H groups in total. The number of thiazole rings is 1. The highest BCUT2D eigenvalue weighted by atomic mass is 32.1. The van der Waals surface area contributed by atoms with Crippen LogP contribution in [0.2, 0.25) is 0 Å². The van der Waals surface area contributed by atoms with Crippen LogP contribution in [-0.4, -0.2) is 9.97 Å². The van der Waals surface area contributed by atoms with Crippen LogP contribution in [0.3, 0.4) is 0 Å². The van der Waals surface area contributed by atoms with Crippen LogP contribution >= 0.6 is 22.7 Å². The minimum absolute atomic E-state index is 0.874. The Labute approximate surface area is 120 Å². The van der Waals surface area contributed by atoms with Gasteiger partial charge in [-0.05, 0) is 40.9 Å². The molecule has 0 aromatic carbocycles. The van der Waals surface area contributed by atoms with Gasteiger partial charge in [0.15, 0.2) is 5.13 Å². The summed E-state index contributed by atoms with van der Waals surface area (Å²) in [7, 11) is 0. The van der Waals surface area contributed by atoms with Crippen molar-refractivity contribution in [2.75, 3.05) is 5.32 Å². The van der Waals surface area contributed by atoms with E-state index in [1.54, 1.807) is 28.9 Å². The van der Waals surface area contributed by atoms with E-state index in [-0.39, 0.29) is 0 Å². The van der Waals surface area contributed by atoms with E-state index in [0.717, 1.165) is 28.6 Å². The zero-order valence-electron chi connectivity index (χ0n) is 10.5. The van der Waals surface area contributed by atoms with Gasteiger partial charge in [-0.2, -0.15) is 11.3 Å². The maximum Gasteiger partial charge on any atom is 0.188 e. The van der Waals surface area contributed by atoms with Gasteiger partial charge in [-0.25, -0.2) is 9.97 Å². The molecule has 0 saturated heterocycles. The van der Waals surface area contributed by atoms with E-state index >= 15 is 0 Å². The van der Waals surface area contributed by atoms with Crippen molar-refractivity contribution in [3.8, 4) is 0 Å². The molecule has 3 aromatic rings. The van der Waals surface area contributed by atoms with Crippen LogP contribution in [0.1, 0.15) is 16.8 Å². The number of pyridine rings is 1. The molecule has 0 amide bonds. The summed E-state index contributed by atoms with van der Waals surface area (Å²) < 4.78 is 0. The number of aromatic nitrogens is 2. The third-order valence-electron chi connectivity index (χ3n) is 2.75. The Morgan fingerprint density at radius 3 is 3.00 bits per heavy atom. The summed E-state index contributed by atoms with van der Waals surface area (Å²) in [5.74, 6) is 0.874. The molecule has 0 unspecified atom stereocenters. The van der Waals surface area contributed by atoms with Crippen molar-refractivity contribution in [2.45, 2.75) is 13.3 Å². The van der Waals surface area contributed by atoms with Crippen molar-refractivity contribution in [3.05, 3.63) is 57.4 Å². The van der Waals surface area contributed by atoms with Gasteiger partial charge >= 0.3 is 0 Å². The molecule has 5 heteroatoms. The lowest BCUT2D eigenvalue weighted by molar-refractivity contribution is 1.11. The van der Waals surface area contributed by atoms with Crippen molar-refractivity contribution in [1.82, 2.24) is 9.97 Å². The minimum Gasteiger partial charge on any atom is -0.316 e. The highest BCUT2D eigenvalue weighted by Gasteiger charge is 2.05. The van der Waals surface area contributed by atoms with Gasteiger partial charge in [0, 0.05) is 18.0 Å². The third-order valence-corrected chi connectivity index (χ3v) is 4.29. The van der Waals surface area contributed by atoms with Gasteiger partial charge in [-0.15, -0.1) is 11.3 Å². The predicted octanol–water partition coefficient (Wildman–Crippen LogP) is 4.24. The molecule has 0 radical (unpaired) electrons. The van der Waals surface area contributed by atoms with E-state index < -0.39 is 0 Å². The Bertz CT molecular complexity index is 659. The monoisotopic (exact) mass is 287 g/mol. The van der Waals surface area contributed by atoms with Gasteiger partial charge in [0.05, 0.1) is 5.69 Å². The van der Waals surface area contributed by atoms with Gasteiger partial charge in [-0.3, -0.25) is 0 Å². The number of hydrogen-bond donors (Lipinski definition) is 1. The predicted molar refractivity (Wildman–Crippen MR) is 81.5 cm³/mol. The Kier molecular flexibility index (Phi) is 3.57. The molecular formula is C14H13N3S2. The molecule has 0 bridgehead atoms. The quantitative estimate of drug-likeness (QED) is 0.780. The fourth-order valence-electron chi connectivity index (χ4n) is 1.77. The van der Waals surface area contributed by atoms with Crippen LogP contribution in [0.15, 0.2) is 40.5 Å². The fraction of sp³-hybridized carbons (Fsp3) is 0.143. The highest BCUT2D eigenvalue weighted by molar-refractivity contribution is 7.13. The van der Waals surface area contributed by atoms with E-state index in [2.05, 4.69) is 37.5 Å². The Balaban J connectivity index is 1.73. The topological polar surface area (TPSA) is 37.8 Å². The van der Waals surface area contributed by atoms with E-state index in [9.17, 15) is 0 Å². The molecule has 3 heterocycles. The van der Waals surface area contributed by atoms with E-state index in [1.165, 1.54) is 5.56 Å². The Morgan fingerprint density at radius 1 is 1.26 bits per heavy atom. The lowest BCUT2D eigenvalue weighted by Gasteiger charge is -2.03. The highest BCUT2D eigenvalue weighted by Crippen LogP contribution is 2.23. The molecule has 0 spiro atoms. The maximum atomic E-state index is 4.59. The summed E-state index contributed by atoms with van der Waals surface area (Å²) in [6.45, 7) is 2.04. The molecule has 3 nitrogen and oxygen atoms in total. The number of thiophene rings is 1. The average Bonchev–Trinajstić information content (AvgIpc) is 3.05. The first kappa shape index (κ1) is 12.3. The number of aryl methyl sites for hydroxylation is 1. The summed E-state index contributed by atoms with van der Waals surface area (Å²) in [5.41, 5.74) is 3.53. The number of rotatable bonds is 4. The lowest BCUT2D eigenvalue weighted by Crippen LogP contribution is -1.95. The second-order valence-corrected chi connectivity index (χ2v) is 5.88. The molecule has 0 aliphatic rings. The summed E-state index contributed by atoms with van der Waals surface area (Å²) in [4.78, 5) is 8.91. The Morgan fingerprint density at radius 2 is 2.21 bits per heavy atom. The van der Waals surface area contributed by atoms with Gasteiger partial charge in [0.1, 0.15) is 5.82 Å². The lowest BCUT2D eigenvalue weighted by atomic mass is 10.2. The second kappa shape index (κ2) is 5.50. The smallest absolute Gasteiger partial charge is 0.188 e. The number of hydrogen-bond acceptors (Lipinski definition) is 5. The van der Waals surface area contributed by atoms with Crippen molar-refractivity contribution < 1.29 is 0 Å². The molecule has 19 heavy (non-hydrogen) atoms. The van der Waals surface area contributed by atoms with Gasteiger partial charge in [0.2, 0.25) is 0 Å². The van der Waals surface area contributed by atoms with Gasteiger partial charge in [0.25, 0.3) is 0 Å². The van der Waals surface area contributed by atoms with E-state index in [1.807, 2.05) is 19.1 Å². The molecule has 0 saturated carbocycles. The van der Waals surface area contributed by atoms with Crippen molar-refractivity contribution in [1.29, 1.82) is 0 Å². The zero-order valence-corrected chi connectivity index (χ0v) is 12.1. The van der Waals surface area contributed by atoms with E-state index in [4.69, 9.17) is 0 Å². The Hall–Kier alpha value is -1.72. The molecule has 0 aliphatic carbocycles. The number of anilines is 2. The van der Waals surface area contributed by atoms with Crippen molar-refractivity contribution in [3.63, 3.8) is 0 Å². The van der Waals surface area contributed by atoms with E-state index in [0.29, 0.717) is 0 Å². The van der Waals surface area contributed by atoms with Crippen LogP contribution in [-0.2, 0) is 6.42 Å². The normalized spacial score (nSPS) is 10.6. The molecule has 0 aliphatic heterocycles. The second-order valence-electron chi connectivity index (χ2n) is 4.25. The molecule has 3 aromatic heterocycles. The van der Waals surface area contributed by atoms with Crippen molar-refractivity contribution in [2.24, 2.45) is 0 Å². The first-order valence-corrected chi connectivity index (χ1v) is 7.77. The maximum absolute atomic E-state index is 4.59. The van der Waals surface area contributed by atoms with Gasteiger partial charge in [-0.1, -0.05) is 6.07 Å². The average molecular weight is 287 g/mol. The number of nitrogens with one attached hydrogen (secondary N) is 1. The van der Waals surface area contributed by atoms with Crippen LogP contribution < -0.4 is 5.32 Å². The SMILES string of the molecule is Cc1cccnc1Nc1nc(Cc2ccsc2)cs1. The number of nitrogens with zero attached hydrogens (tertiary/aromatic N) is 2. The molecule has 0 atom stereocenters. The van der Waals surface area contributed by atoms with Crippen LogP contribution in [0, 0.1) is 6.92 Å². The summed E-state index contributed by atoms with van der Waals surface area (Å²) in [6.07, 6.45) is 2.68. The van der Waals surface area contributed by atoms with Crippen LogP contribution in [0.5, 0.6) is 0 Å². The summed E-state index contributed by atoms with van der Waals surface area (Å²) >= 11 is 3.34. The first-order chi connectivity index (χ1) is 9.31. The standard InChI is InChI=1S/C14H13N3S2/c1-10-3-2-5-15-13(10)17-14-16-12(9-19-14)7-11-4-6-18-8-11/h2-6,8-9H,7H2,1H3,(H,15,16,17). The third kappa shape index (κ3) is 3.00. The molecule has 3 rings (SSSR count). The van der Waals surface area contributed by atoms with Crippen LogP contribution in [0.25, 0.3) is 0 Å². The summed E-state index contributed by atoms with van der Waals surface area (Å²) in [5, 5.41) is 10.5.